The van der Waals surface area contributed by atoms with E-state index < -0.39 is 0 Å². The van der Waals surface area contributed by atoms with Crippen molar-refractivity contribution in [2.75, 3.05) is 25.1 Å². The van der Waals surface area contributed by atoms with Crippen molar-refractivity contribution >= 4 is 35.8 Å². The monoisotopic (exact) mass is 357 g/mol. The molecule has 7 nitrogen and oxygen atoms in total. The van der Waals surface area contributed by atoms with Crippen LogP contribution in [0.25, 0.3) is 0 Å². The predicted octanol–water partition coefficient (Wildman–Crippen LogP) is 1.53. The zero-order valence-corrected chi connectivity index (χ0v) is 15.0. The molecule has 1 amide bonds. The maximum absolute atomic E-state index is 11.0. The molecule has 1 aromatic carbocycles. The number of nitrogens with two attached hydrogens (primary N) is 2. The van der Waals surface area contributed by atoms with Crippen LogP contribution in [0.15, 0.2) is 30.3 Å². The number of nitrogen functional groups attached to an aromatic ring is 1. The number of Topliss-reactive ketones (excluding diaryl/α,β-unsaturated/α-hetero) is 1. The minimum atomic E-state index is -0.00435. The molecule has 0 radical (unpaired) electrons. The maximum atomic E-state index is 11.0. The van der Waals surface area contributed by atoms with Crippen LogP contribution in [0.5, 0.6) is 0 Å². The number of nitrogens with one attached hydrogen (secondary N) is 1. The third-order valence-electron chi connectivity index (χ3n) is 2.37. The van der Waals surface area contributed by atoms with Gasteiger partial charge in [0.1, 0.15) is 5.78 Å². The molecule has 0 aliphatic heterocycles. The first kappa shape index (κ1) is 24.2. The van der Waals surface area contributed by atoms with Gasteiger partial charge in [-0.3, -0.25) is 14.7 Å². The fraction of sp³-hybridized carbons (Fsp3) is 0.438. The van der Waals surface area contributed by atoms with Crippen molar-refractivity contribution in [3.05, 3.63) is 30.3 Å². The molecule has 136 valence electrons. The van der Waals surface area contributed by atoms with Gasteiger partial charge in [0.25, 0.3) is 6.47 Å². The van der Waals surface area contributed by atoms with Gasteiger partial charge in [-0.25, -0.2) is 0 Å². The molecular formula is C16H27N3O4S. The predicted molar refractivity (Wildman–Crippen MR) is 98.1 cm³/mol. The number of rotatable bonds is 8. The molecular weight excluding hydrogens is 330 g/mol. The van der Waals surface area contributed by atoms with Crippen LogP contribution in [0.3, 0.4) is 0 Å². The van der Waals surface area contributed by atoms with Gasteiger partial charge in [-0.15, -0.1) is 0 Å². The van der Waals surface area contributed by atoms with E-state index in [1.807, 2.05) is 30.3 Å². The molecule has 1 rings (SSSR count). The normalized spacial score (nSPS) is 8.62. The Morgan fingerprint density at radius 3 is 2.21 bits per heavy atom. The minimum absolute atomic E-state index is 0.00435. The Morgan fingerprint density at radius 1 is 1.25 bits per heavy atom. The maximum Gasteiger partial charge on any atom is 0.292 e. The van der Waals surface area contributed by atoms with E-state index >= 15 is 0 Å². The van der Waals surface area contributed by atoms with E-state index in [2.05, 4.69) is 10.1 Å². The number of para-hydroxylation sites is 1. The topological polar surface area (TPSA) is 125 Å². The molecule has 24 heavy (non-hydrogen) atoms. The van der Waals surface area contributed by atoms with Crippen molar-refractivity contribution < 1.29 is 19.1 Å². The summed E-state index contributed by atoms with van der Waals surface area (Å²) in [7, 11) is 1.31. The van der Waals surface area contributed by atoms with Crippen molar-refractivity contribution in [3.63, 3.8) is 0 Å². The van der Waals surface area contributed by atoms with Crippen LogP contribution in [0.1, 0.15) is 26.2 Å². The molecule has 1 aromatic rings. The summed E-state index contributed by atoms with van der Waals surface area (Å²) >= 11 is 1.20. The average molecular weight is 357 g/mol. The summed E-state index contributed by atoms with van der Waals surface area (Å²) in [6.07, 6.45) is 1.55. The van der Waals surface area contributed by atoms with E-state index in [-0.39, 0.29) is 11.7 Å². The Hall–Kier alpha value is -2.06. The van der Waals surface area contributed by atoms with E-state index in [0.717, 1.165) is 11.4 Å². The second kappa shape index (κ2) is 19.0. The largest absolute Gasteiger partial charge is 0.471 e. The third-order valence-corrected chi connectivity index (χ3v) is 2.81. The first-order chi connectivity index (χ1) is 11.5. The number of ketones is 1. The van der Waals surface area contributed by atoms with Crippen LogP contribution in [0.2, 0.25) is 0 Å². The Balaban J connectivity index is 0. The van der Waals surface area contributed by atoms with Crippen molar-refractivity contribution in [1.29, 1.82) is 0 Å². The van der Waals surface area contributed by atoms with Gasteiger partial charge in [0.2, 0.25) is 5.91 Å². The van der Waals surface area contributed by atoms with E-state index in [1.54, 1.807) is 0 Å². The number of carbonyl (C=O) groups excluding carboxylic acids is 3. The Morgan fingerprint density at radius 2 is 1.83 bits per heavy atom. The quantitative estimate of drug-likeness (QED) is 0.279. The van der Waals surface area contributed by atoms with E-state index in [0.29, 0.717) is 32.3 Å². The van der Waals surface area contributed by atoms with Crippen LogP contribution in [-0.4, -0.2) is 37.6 Å². The molecule has 0 aliphatic carbocycles. The van der Waals surface area contributed by atoms with Crippen LogP contribution < -0.4 is 16.2 Å². The van der Waals surface area contributed by atoms with Gasteiger partial charge in [-0.05, 0) is 25.5 Å². The van der Waals surface area contributed by atoms with Crippen LogP contribution in [0.4, 0.5) is 5.69 Å². The van der Waals surface area contributed by atoms with Crippen LogP contribution in [-0.2, 0) is 19.1 Å². The van der Waals surface area contributed by atoms with E-state index in [4.69, 9.17) is 15.7 Å². The van der Waals surface area contributed by atoms with E-state index in [1.165, 1.54) is 26.0 Å². The minimum Gasteiger partial charge on any atom is -0.471 e. The Kier molecular flexibility index (Phi) is 19.1. The first-order valence-corrected chi connectivity index (χ1v) is 8.37. The number of hydrogen-bond acceptors (Lipinski definition) is 7. The summed E-state index contributed by atoms with van der Waals surface area (Å²) in [4.78, 5) is 30.5. The standard InChI is InChI=1S/C8H16N2O2S.C6H7N.C2H4O2/c1-7(11)3-2-4-8(12)10-5-6-13-9;7-6-4-2-1-3-5-6;1-4-2-3/h2-6,9H2,1H3,(H,10,12);1-5H,7H2;2H,1H3. The van der Waals surface area contributed by atoms with Gasteiger partial charge < -0.3 is 20.6 Å². The summed E-state index contributed by atoms with van der Waals surface area (Å²) in [5, 5.41) is 7.88. The fourth-order valence-electron chi connectivity index (χ4n) is 1.29. The SMILES string of the molecule is CC(=O)CCCC(=O)NCCSN.COC=O.Nc1ccccc1. The average Bonchev–Trinajstić information content (AvgIpc) is 2.56. The molecule has 0 spiro atoms. The number of anilines is 1. The number of amides is 1. The Bertz CT molecular complexity index is 444. The molecule has 0 atom stereocenters. The van der Waals surface area contributed by atoms with Gasteiger partial charge in [0, 0.05) is 30.8 Å². The molecule has 8 heteroatoms. The molecule has 0 unspecified atom stereocenters. The number of benzene rings is 1. The lowest BCUT2D eigenvalue weighted by molar-refractivity contribution is -0.126. The number of ether oxygens (including phenoxy) is 1. The van der Waals surface area contributed by atoms with Crippen molar-refractivity contribution in [2.24, 2.45) is 5.14 Å². The molecule has 0 saturated carbocycles. The highest BCUT2D eigenvalue weighted by atomic mass is 32.2. The van der Waals surface area contributed by atoms with Gasteiger partial charge >= 0.3 is 0 Å². The zero-order chi connectivity index (χ0) is 18.6. The summed E-state index contributed by atoms with van der Waals surface area (Å²) in [6, 6.07) is 9.49. The third kappa shape index (κ3) is 22.2. The van der Waals surface area contributed by atoms with E-state index in [9.17, 15) is 9.59 Å². The molecule has 0 saturated heterocycles. The fourth-order valence-corrected chi connectivity index (χ4v) is 1.51. The molecule has 0 aromatic heterocycles. The molecule has 0 aliphatic rings. The highest BCUT2D eigenvalue weighted by Gasteiger charge is 2.01. The lowest BCUT2D eigenvalue weighted by atomic mass is 10.2. The van der Waals surface area contributed by atoms with Crippen molar-refractivity contribution in [3.8, 4) is 0 Å². The van der Waals surface area contributed by atoms with Crippen LogP contribution >= 0.6 is 11.9 Å². The molecule has 5 N–H and O–H groups in total. The number of hydrogen-bond donors (Lipinski definition) is 3. The lowest BCUT2D eigenvalue weighted by Gasteiger charge is -2.02. The molecule has 0 bridgehead atoms. The highest BCUT2D eigenvalue weighted by Crippen LogP contribution is 1.96. The van der Waals surface area contributed by atoms with Gasteiger partial charge in [-0.1, -0.05) is 30.1 Å². The van der Waals surface area contributed by atoms with Crippen molar-refractivity contribution in [2.45, 2.75) is 26.2 Å². The number of methoxy groups -OCH3 is 1. The second-order valence-electron chi connectivity index (χ2n) is 4.52. The summed E-state index contributed by atoms with van der Waals surface area (Å²) in [6.45, 7) is 2.50. The van der Waals surface area contributed by atoms with Gasteiger partial charge in [-0.2, -0.15) is 0 Å². The summed E-state index contributed by atoms with van der Waals surface area (Å²) in [5.41, 5.74) is 6.18. The van der Waals surface area contributed by atoms with Crippen molar-refractivity contribution in [1.82, 2.24) is 5.32 Å². The second-order valence-corrected chi connectivity index (χ2v) is 5.26. The first-order valence-electron chi connectivity index (χ1n) is 7.32. The summed E-state index contributed by atoms with van der Waals surface area (Å²) in [5.74, 6) is 0.846. The van der Waals surface area contributed by atoms with Crippen LogP contribution in [0, 0.1) is 0 Å². The number of carbonyl (C=O) groups is 3. The molecule has 0 heterocycles. The van der Waals surface area contributed by atoms with Gasteiger partial charge in [0.15, 0.2) is 0 Å². The smallest absolute Gasteiger partial charge is 0.292 e. The zero-order valence-electron chi connectivity index (χ0n) is 14.2. The highest BCUT2D eigenvalue weighted by molar-refractivity contribution is 7.97. The van der Waals surface area contributed by atoms with Gasteiger partial charge in [0.05, 0.1) is 7.11 Å². The summed E-state index contributed by atoms with van der Waals surface area (Å²) < 4.78 is 3.86. The lowest BCUT2D eigenvalue weighted by Crippen LogP contribution is -2.25. The Labute approximate surface area is 147 Å². The molecule has 0 fully saturated rings.